The van der Waals surface area contributed by atoms with E-state index in [2.05, 4.69) is 69.3 Å². The number of carbonyl (C=O) groups excluding carboxylic acids is 1. The van der Waals surface area contributed by atoms with Gasteiger partial charge in [0.05, 0.1) is 13.0 Å². The van der Waals surface area contributed by atoms with Crippen LogP contribution in [0.3, 0.4) is 0 Å². The third-order valence-corrected chi connectivity index (χ3v) is 7.56. The molecule has 1 amide bonds. The van der Waals surface area contributed by atoms with Crippen molar-refractivity contribution in [2.45, 2.75) is 71.3 Å². The monoisotopic (exact) mass is 553 g/mol. The molecule has 0 saturated heterocycles. The number of nitrogens with zero attached hydrogens (tertiary/aromatic N) is 3. The molecule has 0 aliphatic heterocycles. The van der Waals surface area contributed by atoms with Gasteiger partial charge in [-0.3, -0.25) is 14.6 Å². The summed E-state index contributed by atoms with van der Waals surface area (Å²) in [5, 5.41) is 16.0. The number of hydrazone groups is 1. The topological polar surface area (TPSA) is 73.2 Å². The highest BCUT2D eigenvalue weighted by molar-refractivity contribution is 5.90. The van der Waals surface area contributed by atoms with E-state index in [9.17, 15) is 9.59 Å². The molecule has 1 fully saturated rings. The molecular formula is C35H43N3O3. The first-order valence-corrected chi connectivity index (χ1v) is 14.6. The Hall–Kier alpha value is -3.93. The van der Waals surface area contributed by atoms with Gasteiger partial charge in [-0.2, -0.15) is 5.10 Å². The number of carboxylic acid groups (broad SMARTS) is 1. The van der Waals surface area contributed by atoms with Gasteiger partial charge in [-0.05, 0) is 70.4 Å². The van der Waals surface area contributed by atoms with Crippen LogP contribution in [-0.2, 0) is 34.4 Å². The summed E-state index contributed by atoms with van der Waals surface area (Å²) in [7, 11) is 1.97. The molecule has 6 heteroatoms. The molecule has 0 bridgehead atoms. The van der Waals surface area contributed by atoms with E-state index < -0.39 is 5.97 Å². The lowest BCUT2D eigenvalue weighted by Crippen LogP contribution is -2.33. The number of rotatable bonds is 13. The number of benzene rings is 3. The van der Waals surface area contributed by atoms with Gasteiger partial charge in [-0.15, -0.1) is 0 Å². The Labute approximate surface area is 244 Å². The summed E-state index contributed by atoms with van der Waals surface area (Å²) in [4.78, 5) is 24.9. The lowest BCUT2D eigenvalue weighted by atomic mass is 9.87. The Balaban J connectivity index is 1.39. The molecule has 1 aliphatic carbocycles. The van der Waals surface area contributed by atoms with Crippen molar-refractivity contribution >= 4 is 18.2 Å². The number of hydrogen-bond acceptors (Lipinski definition) is 4. The summed E-state index contributed by atoms with van der Waals surface area (Å²) in [6.45, 7) is 8.08. The van der Waals surface area contributed by atoms with E-state index in [1.165, 1.54) is 29.5 Å². The first-order chi connectivity index (χ1) is 19.6. The predicted molar refractivity (Wildman–Crippen MR) is 166 cm³/mol. The second-order valence-corrected chi connectivity index (χ2v) is 12.3. The molecule has 0 aromatic heterocycles. The van der Waals surface area contributed by atoms with Gasteiger partial charge in [-0.1, -0.05) is 93.6 Å². The molecule has 1 saturated carbocycles. The number of aryl methyl sites for hydroxylation is 1. The number of carboxylic acids is 1. The summed E-state index contributed by atoms with van der Waals surface area (Å²) in [5.41, 5.74) is 6.72. The number of aliphatic carboxylic acids is 1. The van der Waals surface area contributed by atoms with Crippen LogP contribution in [0.2, 0.25) is 0 Å². The van der Waals surface area contributed by atoms with Crippen molar-refractivity contribution in [3.05, 3.63) is 95.1 Å². The maximum atomic E-state index is 12.1. The van der Waals surface area contributed by atoms with E-state index in [0.717, 1.165) is 54.7 Å². The molecule has 0 spiro atoms. The SMILES string of the molecule is CN(Cc1ccc(C(C)(C)C)cc1)/N=C(/CCCc1ccc(-c2cccc(CC(=O)O)c2)cc1)N(C=O)CC1CC1. The van der Waals surface area contributed by atoms with Crippen LogP contribution < -0.4 is 0 Å². The summed E-state index contributed by atoms with van der Waals surface area (Å²) >= 11 is 0. The van der Waals surface area contributed by atoms with Gasteiger partial charge < -0.3 is 10.0 Å². The van der Waals surface area contributed by atoms with E-state index in [1.807, 2.05) is 41.2 Å². The van der Waals surface area contributed by atoms with Crippen LogP contribution in [0, 0.1) is 5.92 Å². The molecule has 0 atom stereocenters. The van der Waals surface area contributed by atoms with Gasteiger partial charge in [0, 0.05) is 20.0 Å². The molecule has 3 aromatic rings. The van der Waals surface area contributed by atoms with Crippen molar-refractivity contribution in [1.82, 2.24) is 9.91 Å². The minimum absolute atomic E-state index is 0.0209. The average molecular weight is 554 g/mol. The molecule has 0 unspecified atom stereocenters. The van der Waals surface area contributed by atoms with E-state index >= 15 is 0 Å². The fourth-order valence-corrected chi connectivity index (χ4v) is 5.00. The molecule has 3 aromatic carbocycles. The molecule has 4 rings (SSSR count). The van der Waals surface area contributed by atoms with Gasteiger partial charge in [0.15, 0.2) is 0 Å². The summed E-state index contributed by atoms with van der Waals surface area (Å²) < 4.78 is 0. The highest BCUT2D eigenvalue weighted by Gasteiger charge is 2.26. The Kier molecular flexibility index (Phi) is 9.98. The van der Waals surface area contributed by atoms with Gasteiger partial charge in [0.25, 0.3) is 0 Å². The molecule has 41 heavy (non-hydrogen) atoms. The van der Waals surface area contributed by atoms with Crippen molar-refractivity contribution in [1.29, 1.82) is 0 Å². The van der Waals surface area contributed by atoms with E-state index in [0.29, 0.717) is 12.5 Å². The van der Waals surface area contributed by atoms with Crippen LogP contribution in [0.4, 0.5) is 0 Å². The number of amidine groups is 1. The molecular weight excluding hydrogens is 510 g/mol. The van der Waals surface area contributed by atoms with Crippen molar-refractivity contribution in [3.8, 4) is 11.1 Å². The molecule has 6 nitrogen and oxygen atoms in total. The van der Waals surface area contributed by atoms with Gasteiger partial charge in [-0.25, -0.2) is 0 Å². The third kappa shape index (κ3) is 9.31. The predicted octanol–water partition coefficient (Wildman–Crippen LogP) is 6.91. The molecule has 0 radical (unpaired) electrons. The second-order valence-electron chi connectivity index (χ2n) is 12.3. The van der Waals surface area contributed by atoms with Crippen LogP contribution in [0.15, 0.2) is 77.9 Å². The van der Waals surface area contributed by atoms with Crippen molar-refractivity contribution in [2.24, 2.45) is 11.0 Å². The molecule has 1 N–H and O–H groups in total. The van der Waals surface area contributed by atoms with Crippen molar-refractivity contribution in [3.63, 3.8) is 0 Å². The normalized spacial score (nSPS) is 13.6. The second kappa shape index (κ2) is 13.6. The fraction of sp³-hybridized carbons (Fsp3) is 0.400. The standard InChI is InChI=1S/C35H43N3O3/c1-35(2,3)32-19-15-27(16-20-32)23-37(4)36-33(38(25-39)24-28-11-12-28)10-6-7-26-13-17-30(18-14-26)31-9-5-8-29(21-31)22-34(40)41/h5,8-9,13-21,25,28H,6-7,10-12,22-24H2,1-4H3,(H,40,41)/b36-33-. The summed E-state index contributed by atoms with van der Waals surface area (Å²) in [6.07, 6.45) is 5.81. The van der Waals surface area contributed by atoms with Crippen LogP contribution in [0.25, 0.3) is 11.1 Å². The van der Waals surface area contributed by atoms with Gasteiger partial charge in [0.1, 0.15) is 5.84 Å². The van der Waals surface area contributed by atoms with Crippen LogP contribution >= 0.6 is 0 Å². The van der Waals surface area contributed by atoms with Crippen LogP contribution in [-0.4, -0.2) is 46.8 Å². The van der Waals surface area contributed by atoms with Crippen LogP contribution in [0.5, 0.6) is 0 Å². The highest BCUT2D eigenvalue weighted by Crippen LogP contribution is 2.30. The average Bonchev–Trinajstić information content (AvgIpc) is 3.75. The molecule has 0 heterocycles. The Morgan fingerprint density at radius 1 is 0.951 bits per heavy atom. The van der Waals surface area contributed by atoms with Crippen molar-refractivity contribution < 1.29 is 14.7 Å². The van der Waals surface area contributed by atoms with Gasteiger partial charge in [0.2, 0.25) is 6.41 Å². The van der Waals surface area contributed by atoms with Crippen molar-refractivity contribution in [2.75, 3.05) is 13.6 Å². The minimum atomic E-state index is -0.827. The van der Waals surface area contributed by atoms with E-state index in [1.54, 1.807) is 0 Å². The Morgan fingerprint density at radius 2 is 1.63 bits per heavy atom. The zero-order chi connectivity index (χ0) is 29.4. The Bertz CT molecular complexity index is 1340. The summed E-state index contributed by atoms with van der Waals surface area (Å²) in [5.74, 6) is 0.585. The lowest BCUT2D eigenvalue weighted by Gasteiger charge is -2.23. The van der Waals surface area contributed by atoms with E-state index in [4.69, 9.17) is 10.2 Å². The quantitative estimate of drug-likeness (QED) is 0.108. The third-order valence-electron chi connectivity index (χ3n) is 7.56. The van der Waals surface area contributed by atoms with Crippen LogP contribution in [0.1, 0.15) is 68.7 Å². The Morgan fingerprint density at radius 3 is 2.24 bits per heavy atom. The number of carbonyl (C=O) groups is 2. The maximum Gasteiger partial charge on any atom is 0.307 e. The number of amides is 1. The largest absolute Gasteiger partial charge is 0.481 e. The molecule has 1 aliphatic rings. The smallest absolute Gasteiger partial charge is 0.307 e. The molecule has 216 valence electrons. The number of hydrogen-bond donors (Lipinski definition) is 1. The first kappa shape index (κ1) is 30.0. The first-order valence-electron chi connectivity index (χ1n) is 14.6. The lowest BCUT2D eigenvalue weighted by molar-refractivity contribution is -0.136. The zero-order valence-electron chi connectivity index (χ0n) is 24.8. The zero-order valence-corrected chi connectivity index (χ0v) is 24.8. The maximum absolute atomic E-state index is 12.1. The fourth-order valence-electron chi connectivity index (χ4n) is 5.00. The summed E-state index contributed by atoms with van der Waals surface area (Å²) in [6, 6.07) is 24.9. The van der Waals surface area contributed by atoms with E-state index in [-0.39, 0.29) is 11.8 Å². The highest BCUT2D eigenvalue weighted by atomic mass is 16.4. The van der Waals surface area contributed by atoms with Gasteiger partial charge >= 0.3 is 5.97 Å². The minimum Gasteiger partial charge on any atom is -0.481 e.